The van der Waals surface area contributed by atoms with E-state index in [0.29, 0.717) is 5.75 Å². The van der Waals surface area contributed by atoms with Crippen LogP contribution in [0.25, 0.3) is 0 Å². The van der Waals surface area contributed by atoms with E-state index in [0.717, 1.165) is 19.0 Å². The van der Waals surface area contributed by atoms with Crippen LogP contribution in [0.4, 0.5) is 11.6 Å². The van der Waals surface area contributed by atoms with Crippen molar-refractivity contribution in [1.29, 1.82) is 0 Å². The highest BCUT2D eigenvalue weighted by Gasteiger charge is 2.19. The van der Waals surface area contributed by atoms with E-state index in [9.17, 15) is 10.1 Å². The van der Waals surface area contributed by atoms with Crippen molar-refractivity contribution in [2.45, 2.75) is 19.8 Å². The molecule has 7 heteroatoms. The highest BCUT2D eigenvalue weighted by Crippen LogP contribution is 2.29. The molecule has 0 saturated heterocycles. The third kappa shape index (κ3) is 3.65. The average Bonchev–Trinajstić information content (AvgIpc) is 2.49. The van der Waals surface area contributed by atoms with Crippen molar-refractivity contribution in [2.75, 3.05) is 12.4 Å². The molecule has 0 saturated carbocycles. The summed E-state index contributed by atoms with van der Waals surface area (Å²) in [6, 6.07) is 7.42. The number of aryl methyl sites for hydroxylation is 1. The molecule has 0 aliphatic rings. The number of aromatic nitrogens is 2. The van der Waals surface area contributed by atoms with Crippen LogP contribution in [0.3, 0.4) is 0 Å². The molecule has 0 bridgehead atoms. The Morgan fingerprint density at radius 1 is 1.33 bits per heavy atom. The molecule has 0 radical (unpaired) electrons. The van der Waals surface area contributed by atoms with Crippen LogP contribution < -0.4 is 10.1 Å². The minimum absolute atomic E-state index is 0.0809. The van der Waals surface area contributed by atoms with Gasteiger partial charge in [0.15, 0.2) is 0 Å². The Balaban J connectivity index is 2.26. The van der Waals surface area contributed by atoms with Crippen molar-refractivity contribution in [2.24, 2.45) is 0 Å². The number of rotatable bonds is 6. The maximum Gasteiger partial charge on any atom is 0.349 e. The Labute approximate surface area is 122 Å². The number of anilines is 1. The lowest BCUT2D eigenvalue weighted by molar-refractivity contribution is -0.386. The highest BCUT2D eigenvalue weighted by molar-refractivity contribution is 5.45. The minimum atomic E-state index is -0.569. The summed E-state index contributed by atoms with van der Waals surface area (Å²) in [4.78, 5) is 18.2. The highest BCUT2D eigenvalue weighted by atomic mass is 16.6. The second-order valence-corrected chi connectivity index (χ2v) is 4.39. The zero-order valence-electron chi connectivity index (χ0n) is 11.9. The third-order valence-corrected chi connectivity index (χ3v) is 2.83. The molecule has 1 N–H and O–H groups in total. The predicted octanol–water partition coefficient (Wildman–Crippen LogP) is 3.17. The number of ether oxygens (including phenoxy) is 1. The first-order chi connectivity index (χ1) is 10.1. The van der Waals surface area contributed by atoms with Crippen molar-refractivity contribution >= 4 is 11.6 Å². The number of nitrogens with one attached hydrogen (secondary N) is 1. The number of hydrogen-bond acceptors (Lipinski definition) is 6. The van der Waals surface area contributed by atoms with E-state index in [2.05, 4.69) is 22.2 Å². The van der Waals surface area contributed by atoms with Crippen molar-refractivity contribution in [3.05, 3.63) is 46.1 Å². The van der Waals surface area contributed by atoms with Gasteiger partial charge in [0.05, 0.1) is 4.92 Å². The van der Waals surface area contributed by atoms with E-state index in [1.807, 2.05) is 12.1 Å². The van der Waals surface area contributed by atoms with Crippen LogP contribution in [0, 0.1) is 10.1 Å². The van der Waals surface area contributed by atoms with E-state index in [4.69, 9.17) is 4.74 Å². The van der Waals surface area contributed by atoms with Gasteiger partial charge in [0, 0.05) is 7.05 Å². The van der Waals surface area contributed by atoms with Gasteiger partial charge in [0.1, 0.15) is 11.9 Å². The zero-order chi connectivity index (χ0) is 15.2. The van der Waals surface area contributed by atoms with Crippen LogP contribution in [0.2, 0.25) is 0 Å². The monoisotopic (exact) mass is 288 g/mol. The van der Waals surface area contributed by atoms with E-state index >= 15 is 0 Å². The van der Waals surface area contributed by atoms with Gasteiger partial charge in [-0.25, -0.2) is 4.98 Å². The first-order valence-electron chi connectivity index (χ1n) is 6.60. The number of nitro groups is 1. The Morgan fingerprint density at radius 3 is 2.62 bits per heavy atom. The van der Waals surface area contributed by atoms with Crippen molar-refractivity contribution in [3.63, 3.8) is 0 Å². The van der Waals surface area contributed by atoms with Crippen LogP contribution in [-0.2, 0) is 6.42 Å². The predicted molar refractivity (Wildman–Crippen MR) is 78.7 cm³/mol. The fourth-order valence-corrected chi connectivity index (χ4v) is 1.81. The van der Waals surface area contributed by atoms with E-state index in [1.165, 1.54) is 5.56 Å². The minimum Gasteiger partial charge on any atom is -0.434 e. The Morgan fingerprint density at radius 2 is 2.05 bits per heavy atom. The number of nitrogens with zero attached hydrogens (tertiary/aromatic N) is 3. The lowest BCUT2D eigenvalue weighted by Crippen LogP contribution is -2.02. The maximum absolute atomic E-state index is 11.0. The topological polar surface area (TPSA) is 90.2 Å². The molecule has 0 spiro atoms. The molecule has 2 aromatic rings. The fourth-order valence-electron chi connectivity index (χ4n) is 1.81. The molecule has 1 aromatic heterocycles. The van der Waals surface area contributed by atoms with E-state index in [1.54, 1.807) is 19.2 Å². The molecule has 21 heavy (non-hydrogen) atoms. The van der Waals surface area contributed by atoms with Crippen LogP contribution in [0.5, 0.6) is 11.6 Å². The molecule has 0 aliphatic heterocycles. The molecule has 0 aliphatic carbocycles. The van der Waals surface area contributed by atoms with E-state index < -0.39 is 4.92 Å². The van der Waals surface area contributed by atoms with Gasteiger partial charge in [-0.05, 0) is 24.1 Å². The van der Waals surface area contributed by atoms with Gasteiger partial charge in [-0.3, -0.25) is 10.1 Å². The molecular formula is C14H16N4O3. The summed E-state index contributed by atoms with van der Waals surface area (Å²) in [7, 11) is 1.63. The standard InChI is InChI=1S/C14H16N4O3/c1-3-4-10-5-7-11(8-6-10)21-13-12(18(19)20)9-16-14(15-2)17-13/h5-9H,3-4H2,1-2H3,(H,15,16,17). The first kappa shape index (κ1) is 14.7. The van der Waals surface area contributed by atoms with Gasteiger partial charge in [0.25, 0.3) is 0 Å². The third-order valence-electron chi connectivity index (χ3n) is 2.83. The first-order valence-corrected chi connectivity index (χ1v) is 6.60. The molecule has 7 nitrogen and oxygen atoms in total. The Hall–Kier alpha value is -2.70. The molecule has 2 rings (SSSR count). The van der Waals surface area contributed by atoms with E-state index in [-0.39, 0.29) is 17.5 Å². The number of hydrogen-bond donors (Lipinski definition) is 1. The molecule has 1 heterocycles. The molecule has 110 valence electrons. The summed E-state index contributed by atoms with van der Waals surface area (Å²) < 4.78 is 5.51. The SMILES string of the molecule is CCCc1ccc(Oc2nc(NC)ncc2[N+](=O)[O-])cc1. The van der Waals surface area contributed by atoms with Gasteiger partial charge in [-0.1, -0.05) is 25.5 Å². The maximum atomic E-state index is 11.0. The molecule has 0 unspecified atom stereocenters. The second-order valence-electron chi connectivity index (χ2n) is 4.39. The van der Waals surface area contributed by atoms with Gasteiger partial charge in [-0.15, -0.1) is 0 Å². The van der Waals surface area contributed by atoms with Gasteiger partial charge < -0.3 is 10.1 Å². The summed E-state index contributed by atoms with van der Waals surface area (Å²) in [6.07, 6.45) is 3.17. The lowest BCUT2D eigenvalue weighted by atomic mass is 10.1. The van der Waals surface area contributed by atoms with Crippen LogP contribution in [-0.4, -0.2) is 21.9 Å². The quantitative estimate of drug-likeness (QED) is 0.648. The van der Waals surface area contributed by atoms with Crippen molar-refractivity contribution in [3.8, 4) is 11.6 Å². The molecule has 0 atom stereocenters. The second kappa shape index (κ2) is 6.65. The van der Waals surface area contributed by atoms with Crippen LogP contribution in [0.15, 0.2) is 30.5 Å². The van der Waals surface area contributed by atoms with Crippen molar-refractivity contribution in [1.82, 2.24) is 9.97 Å². The summed E-state index contributed by atoms with van der Waals surface area (Å²) >= 11 is 0. The normalized spacial score (nSPS) is 10.2. The van der Waals surface area contributed by atoms with Crippen LogP contribution >= 0.6 is 0 Å². The van der Waals surface area contributed by atoms with Gasteiger partial charge in [-0.2, -0.15) is 4.98 Å². The van der Waals surface area contributed by atoms with Crippen LogP contribution in [0.1, 0.15) is 18.9 Å². The smallest absolute Gasteiger partial charge is 0.349 e. The van der Waals surface area contributed by atoms with Crippen molar-refractivity contribution < 1.29 is 9.66 Å². The van der Waals surface area contributed by atoms with Gasteiger partial charge in [0.2, 0.25) is 5.95 Å². The lowest BCUT2D eigenvalue weighted by Gasteiger charge is -2.07. The largest absolute Gasteiger partial charge is 0.434 e. The Bertz CT molecular complexity index is 629. The summed E-state index contributed by atoms with van der Waals surface area (Å²) in [5.41, 5.74) is 0.921. The average molecular weight is 288 g/mol. The molecular weight excluding hydrogens is 272 g/mol. The molecule has 0 amide bonds. The molecule has 0 fully saturated rings. The van der Waals surface area contributed by atoms with Gasteiger partial charge >= 0.3 is 11.6 Å². The Kier molecular flexibility index (Phi) is 4.65. The summed E-state index contributed by atoms with van der Waals surface area (Å²) in [6.45, 7) is 2.11. The number of benzene rings is 1. The summed E-state index contributed by atoms with van der Waals surface area (Å²) in [5.74, 6) is 0.680. The molecule has 1 aromatic carbocycles. The zero-order valence-corrected chi connectivity index (χ0v) is 11.9. The fraction of sp³-hybridized carbons (Fsp3) is 0.286. The summed E-state index contributed by atoms with van der Waals surface area (Å²) in [5, 5.41) is 13.7.